The number of aryl methyl sites for hydroxylation is 1. The summed E-state index contributed by atoms with van der Waals surface area (Å²) in [5, 5.41) is 6.61. The second-order valence-corrected chi connectivity index (χ2v) is 7.06. The molecule has 0 unspecified atom stereocenters. The molecule has 1 aromatic rings. The lowest BCUT2D eigenvalue weighted by molar-refractivity contribution is 0.623. The highest BCUT2D eigenvalue weighted by atomic mass is 32.2. The number of guanidine groups is 1. The average molecular weight is 311 g/mol. The maximum Gasteiger partial charge on any atom is 0.191 e. The molecule has 1 aromatic carbocycles. The van der Waals surface area contributed by atoms with Crippen LogP contribution in [0.3, 0.4) is 0 Å². The Labute approximate surface area is 131 Å². The van der Waals surface area contributed by atoms with E-state index < -0.39 is 0 Å². The fourth-order valence-electron chi connectivity index (χ4n) is 1.78. The van der Waals surface area contributed by atoms with E-state index in [4.69, 9.17) is 0 Å². The Bertz CT molecular complexity index is 461. The molecule has 5 heteroatoms. The first-order chi connectivity index (χ1) is 9.96. The number of nitrogens with one attached hydrogen (secondary N) is 2. The third-order valence-electron chi connectivity index (χ3n) is 3.28. The van der Waals surface area contributed by atoms with Gasteiger partial charge in [-0.3, -0.25) is 4.99 Å². The zero-order chi connectivity index (χ0) is 15.7. The largest absolute Gasteiger partial charge is 0.356 e. The lowest BCUT2D eigenvalue weighted by atomic mass is 10.1. The van der Waals surface area contributed by atoms with Crippen molar-refractivity contribution in [1.82, 2.24) is 10.6 Å². The van der Waals surface area contributed by atoms with E-state index in [2.05, 4.69) is 35.7 Å². The van der Waals surface area contributed by atoms with E-state index in [1.807, 2.05) is 17.8 Å². The molecule has 0 spiro atoms. The molecule has 0 heterocycles. The second kappa shape index (κ2) is 8.93. The van der Waals surface area contributed by atoms with Crippen LogP contribution in [0.2, 0.25) is 0 Å². The summed E-state index contributed by atoms with van der Waals surface area (Å²) in [6, 6.07) is 6.77. The lowest BCUT2D eigenvalue weighted by Crippen LogP contribution is -2.43. The van der Waals surface area contributed by atoms with Gasteiger partial charge in [-0.1, -0.05) is 12.1 Å². The maximum absolute atomic E-state index is 13.1. The van der Waals surface area contributed by atoms with E-state index in [0.717, 1.165) is 37.5 Å². The molecule has 118 valence electrons. The number of thioether (sulfide) groups is 1. The molecule has 0 aromatic heterocycles. The first-order valence-corrected chi connectivity index (χ1v) is 8.43. The van der Waals surface area contributed by atoms with E-state index in [-0.39, 0.29) is 10.6 Å². The predicted molar refractivity (Wildman–Crippen MR) is 91.7 cm³/mol. The second-order valence-electron chi connectivity index (χ2n) is 5.55. The van der Waals surface area contributed by atoms with Gasteiger partial charge < -0.3 is 10.6 Å². The Morgan fingerprint density at radius 2 is 2.10 bits per heavy atom. The van der Waals surface area contributed by atoms with Crippen LogP contribution in [-0.4, -0.2) is 37.1 Å². The average Bonchev–Trinajstić information content (AvgIpc) is 2.46. The Morgan fingerprint density at radius 3 is 2.71 bits per heavy atom. The highest BCUT2D eigenvalue weighted by Gasteiger charge is 2.15. The van der Waals surface area contributed by atoms with Crippen LogP contribution in [0.1, 0.15) is 25.8 Å². The van der Waals surface area contributed by atoms with Crippen LogP contribution in [0.5, 0.6) is 0 Å². The van der Waals surface area contributed by atoms with Crippen LogP contribution < -0.4 is 10.6 Å². The number of benzene rings is 1. The van der Waals surface area contributed by atoms with E-state index in [1.54, 1.807) is 19.2 Å². The van der Waals surface area contributed by atoms with Gasteiger partial charge in [0, 0.05) is 24.9 Å². The molecule has 0 saturated heterocycles. The Kier molecular flexibility index (Phi) is 7.57. The number of nitrogens with zero attached hydrogens (tertiary/aromatic N) is 1. The fourth-order valence-corrected chi connectivity index (χ4v) is 2.00. The SMILES string of the molecule is CN=C(NCCCc1cccc(F)c1)NCC(C)(C)SC. The summed E-state index contributed by atoms with van der Waals surface area (Å²) >= 11 is 1.83. The highest BCUT2D eigenvalue weighted by molar-refractivity contribution is 7.99. The third kappa shape index (κ3) is 7.37. The molecule has 2 N–H and O–H groups in total. The maximum atomic E-state index is 13.1. The highest BCUT2D eigenvalue weighted by Crippen LogP contribution is 2.19. The standard InChI is InChI=1S/C16H26FN3S/c1-16(2,21-4)12-20-15(18-3)19-10-6-8-13-7-5-9-14(17)11-13/h5,7,9,11H,6,8,10,12H2,1-4H3,(H2,18,19,20). The summed E-state index contributed by atoms with van der Waals surface area (Å²) in [6.45, 7) is 6.07. The molecule has 0 bridgehead atoms. The topological polar surface area (TPSA) is 36.4 Å². The molecule has 3 nitrogen and oxygen atoms in total. The van der Waals surface area contributed by atoms with Crippen LogP contribution in [0.15, 0.2) is 29.3 Å². The molecule has 0 saturated carbocycles. The fraction of sp³-hybridized carbons (Fsp3) is 0.562. The van der Waals surface area contributed by atoms with Crippen molar-refractivity contribution in [2.45, 2.75) is 31.4 Å². The quantitative estimate of drug-likeness (QED) is 0.461. The van der Waals surface area contributed by atoms with Crippen LogP contribution in [-0.2, 0) is 6.42 Å². The molecule has 0 atom stereocenters. The van der Waals surface area contributed by atoms with Gasteiger partial charge in [0.2, 0.25) is 0 Å². The van der Waals surface area contributed by atoms with E-state index in [1.165, 1.54) is 6.07 Å². The van der Waals surface area contributed by atoms with Gasteiger partial charge in [0.05, 0.1) is 0 Å². The van der Waals surface area contributed by atoms with Crippen molar-refractivity contribution in [2.75, 3.05) is 26.4 Å². The minimum Gasteiger partial charge on any atom is -0.356 e. The van der Waals surface area contributed by atoms with Gasteiger partial charge in [0.1, 0.15) is 5.82 Å². The Balaban J connectivity index is 2.27. The van der Waals surface area contributed by atoms with Crippen molar-refractivity contribution < 1.29 is 4.39 Å². The van der Waals surface area contributed by atoms with Crippen molar-refractivity contribution in [2.24, 2.45) is 4.99 Å². The van der Waals surface area contributed by atoms with Gasteiger partial charge in [-0.2, -0.15) is 11.8 Å². The number of aliphatic imine (C=N–C) groups is 1. The molecule has 1 rings (SSSR count). The van der Waals surface area contributed by atoms with Gasteiger partial charge in [-0.25, -0.2) is 4.39 Å². The number of hydrogen-bond donors (Lipinski definition) is 2. The minimum atomic E-state index is -0.169. The van der Waals surface area contributed by atoms with Crippen LogP contribution in [0.4, 0.5) is 4.39 Å². The molecule has 21 heavy (non-hydrogen) atoms. The van der Waals surface area contributed by atoms with Gasteiger partial charge in [-0.15, -0.1) is 0 Å². The van der Waals surface area contributed by atoms with Gasteiger partial charge in [0.25, 0.3) is 0 Å². The molecule has 0 radical (unpaired) electrons. The van der Waals surface area contributed by atoms with Crippen molar-refractivity contribution in [3.05, 3.63) is 35.6 Å². The minimum absolute atomic E-state index is 0.169. The van der Waals surface area contributed by atoms with Crippen molar-refractivity contribution in [3.63, 3.8) is 0 Å². The van der Waals surface area contributed by atoms with Crippen molar-refractivity contribution in [1.29, 1.82) is 0 Å². The van der Waals surface area contributed by atoms with Gasteiger partial charge >= 0.3 is 0 Å². The van der Waals surface area contributed by atoms with Crippen LogP contribution in [0.25, 0.3) is 0 Å². The van der Waals surface area contributed by atoms with Crippen LogP contribution in [0, 0.1) is 5.82 Å². The number of halogens is 1. The zero-order valence-corrected chi connectivity index (χ0v) is 14.2. The normalized spacial score (nSPS) is 12.3. The predicted octanol–water partition coefficient (Wildman–Crippen LogP) is 3.06. The summed E-state index contributed by atoms with van der Waals surface area (Å²) in [4.78, 5) is 4.21. The molecule has 0 amide bonds. The first kappa shape index (κ1) is 17.8. The van der Waals surface area contributed by atoms with Gasteiger partial charge in [0.15, 0.2) is 5.96 Å². The van der Waals surface area contributed by atoms with Crippen LogP contribution >= 0.6 is 11.8 Å². The van der Waals surface area contributed by atoms with E-state index in [0.29, 0.717) is 0 Å². The Morgan fingerprint density at radius 1 is 1.33 bits per heavy atom. The molecule has 0 aliphatic carbocycles. The molecule has 0 fully saturated rings. The molecular weight excluding hydrogens is 285 g/mol. The number of rotatable bonds is 7. The summed E-state index contributed by atoms with van der Waals surface area (Å²) < 4.78 is 13.2. The smallest absolute Gasteiger partial charge is 0.191 e. The van der Waals surface area contributed by atoms with Crippen molar-refractivity contribution in [3.8, 4) is 0 Å². The molecule has 0 aliphatic rings. The summed E-state index contributed by atoms with van der Waals surface area (Å²) in [7, 11) is 1.77. The molecule has 0 aliphatic heterocycles. The summed E-state index contributed by atoms with van der Waals surface area (Å²) in [5.74, 6) is 0.647. The van der Waals surface area contributed by atoms with Gasteiger partial charge in [-0.05, 0) is 50.6 Å². The Hall–Kier alpha value is -1.23. The molecular formula is C16H26FN3S. The summed E-state index contributed by atoms with van der Waals surface area (Å²) in [6.07, 6.45) is 3.91. The van der Waals surface area contributed by atoms with Crippen molar-refractivity contribution >= 4 is 17.7 Å². The lowest BCUT2D eigenvalue weighted by Gasteiger charge is -2.23. The third-order valence-corrected chi connectivity index (χ3v) is 4.53. The van der Waals surface area contributed by atoms with E-state index in [9.17, 15) is 4.39 Å². The monoisotopic (exact) mass is 311 g/mol. The summed E-state index contributed by atoms with van der Waals surface area (Å²) in [5.41, 5.74) is 1.03. The van der Waals surface area contributed by atoms with E-state index >= 15 is 0 Å². The first-order valence-electron chi connectivity index (χ1n) is 7.21. The zero-order valence-electron chi connectivity index (χ0n) is 13.4. The number of hydrogen-bond acceptors (Lipinski definition) is 2.